The highest BCUT2D eigenvalue weighted by atomic mass is 35.5. The molecule has 0 spiro atoms. The quantitative estimate of drug-likeness (QED) is 0.735. The van der Waals surface area contributed by atoms with E-state index >= 15 is 0 Å². The lowest BCUT2D eigenvalue weighted by Gasteiger charge is -2.42. The second-order valence-electron chi connectivity index (χ2n) is 7.00. The topological polar surface area (TPSA) is 44.4 Å². The summed E-state index contributed by atoms with van der Waals surface area (Å²) in [6.07, 6.45) is -2.58. The Morgan fingerprint density at radius 3 is 2.44 bits per heavy atom. The van der Waals surface area contributed by atoms with E-state index in [1.54, 1.807) is 6.07 Å². The van der Waals surface area contributed by atoms with Gasteiger partial charge in [0, 0.05) is 32.7 Å². The van der Waals surface area contributed by atoms with Gasteiger partial charge in [-0.2, -0.15) is 13.2 Å². The number of benzene rings is 1. The van der Waals surface area contributed by atoms with Crippen LogP contribution < -0.4 is 10.6 Å². The maximum Gasteiger partial charge on any atom is 0.405 e. The fraction of sp³-hybridized carbons (Fsp3) is 0.611. The molecular formula is C18H24ClF4N3O. The predicted octanol–water partition coefficient (Wildman–Crippen LogP) is 2.62. The molecule has 0 radical (unpaired) electrons. The molecule has 1 heterocycles. The van der Waals surface area contributed by atoms with E-state index in [1.807, 2.05) is 0 Å². The average Bonchev–Trinajstić information content (AvgIpc) is 2.54. The van der Waals surface area contributed by atoms with Gasteiger partial charge in [0.2, 0.25) is 5.91 Å². The number of piperazine rings is 1. The summed E-state index contributed by atoms with van der Waals surface area (Å²) in [6, 6.07) is 4.07. The minimum Gasteiger partial charge on any atom is -0.353 e. The Hall–Kier alpha value is -1.38. The van der Waals surface area contributed by atoms with Crippen LogP contribution in [0.2, 0.25) is 0 Å². The first-order chi connectivity index (χ1) is 12.3. The number of hydrogen-bond acceptors (Lipinski definition) is 3. The van der Waals surface area contributed by atoms with Gasteiger partial charge in [0.05, 0.1) is 5.41 Å². The number of carbonyl (C=O) groups excluding carboxylic acids is 1. The molecule has 0 aromatic heterocycles. The molecule has 1 aliphatic carbocycles. The van der Waals surface area contributed by atoms with Crippen molar-refractivity contribution in [3.63, 3.8) is 0 Å². The van der Waals surface area contributed by atoms with Crippen molar-refractivity contribution in [1.82, 2.24) is 15.5 Å². The van der Waals surface area contributed by atoms with Gasteiger partial charge in [-0.25, -0.2) is 4.39 Å². The Morgan fingerprint density at radius 1 is 1.26 bits per heavy atom. The lowest BCUT2D eigenvalue weighted by atomic mass is 9.63. The summed E-state index contributed by atoms with van der Waals surface area (Å²) in [7, 11) is 0. The molecule has 1 aromatic carbocycles. The Morgan fingerprint density at radius 2 is 1.93 bits per heavy atom. The number of hydrogen-bond donors (Lipinski definition) is 2. The van der Waals surface area contributed by atoms with E-state index in [1.165, 1.54) is 23.1 Å². The van der Waals surface area contributed by atoms with Crippen LogP contribution in [-0.4, -0.2) is 55.7 Å². The highest BCUT2D eigenvalue weighted by molar-refractivity contribution is 5.89. The summed E-state index contributed by atoms with van der Waals surface area (Å²) in [5.74, 6) is -0.894. The van der Waals surface area contributed by atoms with Gasteiger partial charge in [-0.15, -0.1) is 12.4 Å². The average molecular weight is 410 g/mol. The van der Waals surface area contributed by atoms with Gasteiger partial charge in [0.1, 0.15) is 11.9 Å². The van der Waals surface area contributed by atoms with Crippen LogP contribution in [0.5, 0.6) is 0 Å². The third-order valence-corrected chi connectivity index (χ3v) is 5.45. The number of rotatable bonds is 5. The maximum absolute atomic E-state index is 13.5. The largest absolute Gasteiger partial charge is 0.405 e. The highest BCUT2D eigenvalue weighted by Gasteiger charge is 2.48. The normalized spacial score (nSPS) is 20.9. The molecule has 1 aromatic rings. The third kappa shape index (κ3) is 4.73. The SMILES string of the molecule is Cl.O=C(NCC(N1CCNCC1)C(F)(F)F)C1(c2cccc(F)c2)CCC1. The lowest BCUT2D eigenvalue weighted by Crippen LogP contribution is -2.59. The van der Waals surface area contributed by atoms with Gasteiger partial charge < -0.3 is 10.6 Å². The Bertz CT molecular complexity index is 646. The zero-order valence-corrected chi connectivity index (χ0v) is 15.6. The van der Waals surface area contributed by atoms with Crippen LogP contribution in [-0.2, 0) is 10.2 Å². The third-order valence-electron chi connectivity index (χ3n) is 5.45. The molecule has 2 N–H and O–H groups in total. The molecule has 1 atom stereocenters. The number of nitrogens with zero attached hydrogens (tertiary/aromatic N) is 1. The van der Waals surface area contributed by atoms with Crippen LogP contribution >= 0.6 is 12.4 Å². The molecule has 9 heteroatoms. The van der Waals surface area contributed by atoms with E-state index < -0.39 is 35.9 Å². The zero-order valence-electron chi connectivity index (χ0n) is 14.8. The molecule has 0 bridgehead atoms. The smallest absolute Gasteiger partial charge is 0.353 e. The predicted molar refractivity (Wildman–Crippen MR) is 96.5 cm³/mol. The summed E-state index contributed by atoms with van der Waals surface area (Å²) < 4.78 is 53.9. The Labute approximate surface area is 162 Å². The summed E-state index contributed by atoms with van der Waals surface area (Å²) >= 11 is 0. The van der Waals surface area contributed by atoms with E-state index in [-0.39, 0.29) is 25.5 Å². The highest BCUT2D eigenvalue weighted by Crippen LogP contribution is 2.44. The van der Waals surface area contributed by atoms with Crippen LogP contribution in [0.1, 0.15) is 24.8 Å². The first-order valence-electron chi connectivity index (χ1n) is 8.89. The molecule has 152 valence electrons. The van der Waals surface area contributed by atoms with Crippen molar-refractivity contribution in [2.45, 2.75) is 36.9 Å². The fourth-order valence-corrected chi connectivity index (χ4v) is 3.77. The molecule has 2 aliphatic rings. The molecule has 1 unspecified atom stereocenters. The molecular weight excluding hydrogens is 386 g/mol. The van der Waals surface area contributed by atoms with Crippen molar-refractivity contribution in [2.24, 2.45) is 0 Å². The monoisotopic (exact) mass is 409 g/mol. The van der Waals surface area contributed by atoms with Crippen molar-refractivity contribution in [1.29, 1.82) is 0 Å². The number of carbonyl (C=O) groups is 1. The first kappa shape index (κ1) is 21.9. The second-order valence-corrected chi connectivity index (χ2v) is 7.00. The fourth-order valence-electron chi connectivity index (χ4n) is 3.77. The summed E-state index contributed by atoms with van der Waals surface area (Å²) in [5, 5.41) is 5.53. The molecule has 4 nitrogen and oxygen atoms in total. The van der Waals surface area contributed by atoms with Crippen LogP contribution in [0.25, 0.3) is 0 Å². The maximum atomic E-state index is 13.5. The van der Waals surface area contributed by atoms with Gasteiger partial charge in [-0.05, 0) is 30.5 Å². The number of alkyl halides is 3. The molecule has 1 saturated heterocycles. The van der Waals surface area contributed by atoms with Gasteiger partial charge >= 0.3 is 6.18 Å². The van der Waals surface area contributed by atoms with Gasteiger partial charge in [0.15, 0.2) is 0 Å². The molecule has 1 saturated carbocycles. The van der Waals surface area contributed by atoms with Crippen molar-refractivity contribution in [3.8, 4) is 0 Å². The van der Waals surface area contributed by atoms with Gasteiger partial charge in [-0.3, -0.25) is 9.69 Å². The van der Waals surface area contributed by atoms with Crippen molar-refractivity contribution >= 4 is 18.3 Å². The summed E-state index contributed by atoms with van der Waals surface area (Å²) in [6.45, 7) is 1.07. The molecule has 27 heavy (non-hydrogen) atoms. The number of nitrogens with one attached hydrogen (secondary N) is 2. The first-order valence-corrected chi connectivity index (χ1v) is 8.89. The minimum atomic E-state index is -4.42. The van der Waals surface area contributed by atoms with Crippen molar-refractivity contribution in [3.05, 3.63) is 35.6 Å². The minimum absolute atomic E-state index is 0. The lowest BCUT2D eigenvalue weighted by molar-refractivity contribution is -0.184. The molecule has 2 fully saturated rings. The van der Waals surface area contributed by atoms with E-state index in [0.29, 0.717) is 31.5 Å². The molecule has 3 rings (SSSR count). The summed E-state index contributed by atoms with van der Waals surface area (Å²) in [5.41, 5.74) is -0.381. The second kappa shape index (κ2) is 8.75. The van der Waals surface area contributed by atoms with Gasteiger partial charge in [-0.1, -0.05) is 18.6 Å². The number of halogens is 5. The Balaban J connectivity index is 0.00000261. The molecule has 1 amide bonds. The van der Waals surface area contributed by atoms with Crippen LogP contribution in [0.4, 0.5) is 17.6 Å². The van der Waals surface area contributed by atoms with E-state index in [2.05, 4.69) is 10.6 Å². The van der Waals surface area contributed by atoms with Crippen molar-refractivity contribution < 1.29 is 22.4 Å². The van der Waals surface area contributed by atoms with E-state index in [0.717, 1.165) is 6.42 Å². The summed E-state index contributed by atoms with van der Waals surface area (Å²) in [4.78, 5) is 14.1. The zero-order chi connectivity index (χ0) is 18.8. The van der Waals surface area contributed by atoms with Crippen LogP contribution in [0, 0.1) is 5.82 Å². The van der Waals surface area contributed by atoms with E-state index in [9.17, 15) is 22.4 Å². The van der Waals surface area contributed by atoms with Crippen LogP contribution in [0.15, 0.2) is 24.3 Å². The van der Waals surface area contributed by atoms with Crippen LogP contribution in [0.3, 0.4) is 0 Å². The van der Waals surface area contributed by atoms with Gasteiger partial charge in [0.25, 0.3) is 0 Å². The van der Waals surface area contributed by atoms with Crippen molar-refractivity contribution in [2.75, 3.05) is 32.7 Å². The number of amides is 1. The standard InChI is InChI=1S/C18H23F4N3O.ClH/c19-14-4-1-3-13(11-14)17(5-2-6-17)16(26)24-12-15(18(20,21)22)25-9-7-23-8-10-25;/h1,3-4,11,15,23H,2,5-10,12H2,(H,24,26);1H. The molecule has 1 aliphatic heterocycles. The van der Waals surface area contributed by atoms with E-state index in [4.69, 9.17) is 0 Å². The Kier molecular flexibility index (Phi) is 7.10.